The molecule has 23 heteroatoms. The molecule has 0 atom stereocenters. The van der Waals surface area contributed by atoms with E-state index in [9.17, 15) is 0 Å². The summed E-state index contributed by atoms with van der Waals surface area (Å²) in [7, 11) is 0. The smallest absolute Gasteiger partial charge is 0.263 e. The van der Waals surface area contributed by atoms with E-state index in [1.165, 1.54) is 26.0 Å². The van der Waals surface area contributed by atoms with Crippen LogP contribution < -0.4 is 42.6 Å². The molecule has 5 aliphatic rings. The van der Waals surface area contributed by atoms with Gasteiger partial charge < -0.3 is 0 Å². The molecule has 336 valence electrons. The number of amides is 2. The minimum Gasteiger partial charge on any atom is -0.263 e. The molecular weight excluding hydrogens is 924 g/mol. The minimum atomic E-state index is -6.65. The third-order valence-electron chi connectivity index (χ3n) is 13.7. The van der Waals surface area contributed by atoms with Crippen molar-refractivity contribution in [2.45, 2.75) is 49.4 Å². The van der Waals surface area contributed by atoms with E-state index in [0.29, 0.717) is 24.3 Å². The molecule has 0 saturated carbocycles. The fourth-order valence-corrected chi connectivity index (χ4v) is 11.6. The number of hydrogen-bond acceptors (Lipinski definition) is 1. The number of nitrogens with zero attached hydrogens (tertiary/aromatic N) is 2. The Hall–Kier alpha value is -6.28. The topological polar surface area (TPSA) is 23.6 Å². The molecule has 66 heavy (non-hydrogen) atoms. The minimum absolute atomic E-state index is 0.0675. The summed E-state index contributed by atoms with van der Waals surface area (Å²) >= 11 is 0. The van der Waals surface area contributed by atoms with Crippen LogP contribution in [0.15, 0.2) is 60.7 Å². The standard InChI is InChI=1S/C43H16B2F18N2O/c1-13-7-21-35-28-27(13)14(2)8-22-36(28)65(26-12-24(49)34(51)30-32(26)45(22)20-6-4-16(47)10-18(20)39(30,42(58,59)60)43(61,62)63)37(66)64(35)25-11-23(48)33(50)29-31(25)44(21)19-5-3-15(46)9-17(19)38(29,40(52,53)54)41(55,56)57/h3-12H,1-2H3. The van der Waals surface area contributed by atoms with Crippen LogP contribution in [-0.2, 0) is 10.8 Å². The van der Waals surface area contributed by atoms with Crippen molar-refractivity contribution in [1.29, 1.82) is 0 Å². The van der Waals surface area contributed by atoms with Gasteiger partial charge in [0.05, 0.1) is 11.4 Å². The summed E-state index contributed by atoms with van der Waals surface area (Å²) in [6.45, 7) is -1.27. The molecule has 0 spiro atoms. The first-order valence-electron chi connectivity index (χ1n) is 19.2. The van der Waals surface area contributed by atoms with Crippen molar-refractivity contribution in [2.75, 3.05) is 9.80 Å². The average molecular weight is 940 g/mol. The Balaban J connectivity index is 1.36. The molecule has 6 aromatic carbocycles. The lowest BCUT2D eigenvalue weighted by Gasteiger charge is -2.52. The zero-order valence-corrected chi connectivity index (χ0v) is 32.5. The van der Waals surface area contributed by atoms with Crippen LogP contribution in [0.4, 0.5) is 107 Å². The molecule has 0 unspecified atom stereocenters. The molecule has 3 nitrogen and oxygen atoms in total. The van der Waals surface area contributed by atoms with Crippen molar-refractivity contribution in [1.82, 2.24) is 0 Å². The maximum absolute atomic E-state index is 16.4. The van der Waals surface area contributed by atoms with Crippen molar-refractivity contribution in [3.05, 3.63) is 129 Å². The van der Waals surface area contributed by atoms with Crippen molar-refractivity contribution < 1.29 is 83.8 Å². The fraction of sp³-hybridized carbons (Fsp3) is 0.186. The number of hydrogen-bond donors (Lipinski definition) is 0. The van der Waals surface area contributed by atoms with E-state index in [-0.39, 0.29) is 66.9 Å². The van der Waals surface area contributed by atoms with Crippen LogP contribution in [0, 0.1) is 48.8 Å². The summed E-state index contributed by atoms with van der Waals surface area (Å²) in [5.74, 6) is -13.6. The molecule has 0 saturated heterocycles. The Labute approximate surface area is 357 Å². The summed E-state index contributed by atoms with van der Waals surface area (Å²) < 4.78 is 282. The van der Waals surface area contributed by atoms with Gasteiger partial charge in [-0.2, -0.15) is 52.7 Å². The highest BCUT2D eigenvalue weighted by molar-refractivity contribution is 7.01. The third kappa shape index (κ3) is 4.47. The monoisotopic (exact) mass is 940 g/mol. The number of rotatable bonds is 0. The van der Waals surface area contributed by atoms with Gasteiger partial charge in [-0.1, -0.05) is 35.2 Å². The quantitative estimate of drug-likeness (QED) is 0.110. The summed E-state index contributed by atoms with van der Waals surface area (Å²) in [5, 5.41) is -0.148. The first-order chi connectivity index (χ1) is 30.5. The predicted octanol–water partition coefficient (Wildman–Crippen LogP) is 8.81. The molecule has 0 aromatic heterocycles. The number of benzene rings is 6. The van der Waals surface area contributed by atoms with Gasteiger partial charge in [0.25, 0.3) is 0 Å². The number of carbonyl (C=O) groups is 1. The highest BCUT2D eigenvalue weighted by Gasteiger charge is 2.78. The maximum atomic E-state index is 16.4. The number of carbonyl (C=O) groups excluding carboxylic acids is 1. The Morgan fingerprint density at radius 3 is 1.15 bits per heavy atom. The number of aryl methyl sites for hydroxylation is 2. The van der Waals surface area contributed by atoms with Crippen LogP contribution >= 0.6 is 0 Å². The van der Waals surface area contributed by atoms with Gasteiger partial charge in [0.15, 0.2) is 23.3 Å². The number of alkyl halides is 12. The molecule has 0 N–H and O–H groups in total. The summed E-state index contributed by atoms with van der Waals surface area (Å²) in [6.07, 6.45) is -26.6. The van der Waals surface area contributed by atoms with Crippen LogP contribution in [0.5, 0.6) is 0 Å². The van der Waals surface area contributed by atoms with Gasteiger partial charge in [-0.15, -0.1) is 0 Å². The largest absolute Gasteiger partial charge is 0.411 e. The zero-order valence-electron chi connectivity index (χ0n) is 32.5. The number of urea groups is 1. The average Bonchev–Trinajstić information content (AvgIpc) is 3.18. The normalized spacial score (nSPS) is 17.2. The van der Waals surface area contributed by atoms with Gasteiger partial charge in [0.2, 0.25) is 24.3 Å². The summed E-state index contributed by atoms with van der Waals surface area (Å²) in [4.78, 5) is 16.0. The lowest BCUT2D eigenvalue weighted by molar-refractivity contribution is -0.290. The van der Waals surface area contributed by atoms with Gasteiger partial charge >= 0.3 is 30.7 Å². The van der Waals surface area contributed by atoms with Crippen molar-refractivity contribution in [3.63, 3.8) is 0 Å². The van der Waals surface area contributed by atoms with Gasteiger partial charge in [0.1, 0.15) is 11.6 Å². The van der Waals surface area contributed by atoms with E-state index in [0.717, 1.165) is 0 Å². The SMILES string of the molecule is Cc1cc2c3c4c5c(cc(C)c14)B1c4ccc(F)cc4C(C(F)(F)F)(C(F)(F)F)c4c(F)c(F)cc(c41)N5C(=O)N3c1cc(F)c(F)c3c1B2c1ccc(F)cc1C3(C(F)(F)F)C(F)(F)F. The Morgan fingerprint density at radius 1 is 0.470 bits per heavy atom. The molecule has 0 fully saturated rings. The van der Waals surface area contributed by atoms with Crippen molar-refractivity contribution >= 4 is 85.8 Å². The van der Waals surface area contributed by atoms with E-state index >= 15 is 83.8 Å². The predicted molar refractivity (Wildman–Crippen MR) is 204 cm³/mol. The molecule has 0 radical (unpaired) electrons. The molecule has 0 aliphatic carbocycles. The number of fused-ring (bicyclic) bond motifs is 8. The second kappa shape index (κ2) is 12.2. The summed E-state index contributed by atoms with van der Waals surface area (Å²) in [6, 6.07) is 2.67. The number of anilines is 4. The van der Waals surface area contributed by atoms with E-state index < -0.39 is 157 Å². The van der Waals surface area contributed by atoms with E-state index in [1.54, 1.807) is 0 Å². The van der Waals surface area contributed by atoms with E-state index in [2.05, 4.69) is 0 Å². The lowest BCUT2D eigenvalue weighted by Crippen LogP contribution is -2.73. The van der Waals surface area contributed by atoms with Crippen LogP contribution in [0.25, 0.3) is 10.8 Å². The third-order valence-corrected chi connectivity index (χ3v) is 13.7. The molecule has 11 rings (SSSR count). The Bertz CT molecular complexity index is 3080. The first kappa shape index (κ1) is 42.4. The second-order valence-corrected chi connectivity index (χ2v) is 16.7. The zero-order chi connectivity index (χ0) is 47.8. The van der Waals surface area contributed by atoms with Gasteiger partial charge in [0, 0.05) is 40.0 Å². The van der Waals surface area contributed by atoms with Crippen LogP contribution in [0.2, 0.25) is 0 Å². The van der Waals surface area contributed by atoms with Crippen LogP contribution in [0.1, 0.15) is 33.4 Å². The molecule has 0 bridgehead atoms. The maximum Gasteiger partial charge on any atom is 0.411 e. The van der Waals surface area contributed by atoms with Gasteiger partial charge in [-0.25, -0.2) is 31.1 Å². The molecule has 5 aliphatic heterocycles. The Morgan fingerprint density at radius 2 is 0.818 bits per heavy atom. The van der Waals surface area contributed by atoms with Crippen LogP contribution in [-0.4, -0.2) is 44.2 Å². The lowest BCUT2D eigenvalue weighted by atomic mass is 9.28. The molecule has 6 aromatic rings. The highest BCUT2D eigenvalue weighted by Crippen LogP contribution is 2.62. The van der Waals surface area contributed by atoms with E-state index in [4.69, 9.17) is 0 Å². The summed E-state index contributed by atoms with van der Waals surface area (Å²) in [5.41, 5.74) is -28.1. The molecule has 5 heterocycles. The Kier molecular flexibility index (Phi) is 7.82. The van der Waals surface area contributed by atoms with Crippen molar-refractivity contribution in [3.8, 4) is 0 Å². The van der Waals surface area contributed by atoms with Crippen LogP contribution in [0.3, 0.4) is 0 Å². The number of halogens is 18. The van der Waals surface area contributed by atoms with Gasteiger partial charge in [-0.05, 0) is 87.6 Å². The second-order valence-electron chi connectivity index (χ2n) is 16.7. The van der Waals surface area contributed by atoms with E-state index in [1.807, 2.05) is 0 Å². The highest BCUT2D eigenvalue weighted by atomic mass is 19.4. The molecular formula is C43H16B2F18N2O. The fourth-order valence-electron chi connectivity index (χ4n) is 11.6. The van der Waals surface area contributed by atoms with Gasteiger partial charge in [-0.3, -0.25) is 9.80 Å². The molecule has 2 amide bonds. The van der Waals surface area contributed by atoms with Crippen molar-refractivity contribution in [2.24, 2.45) is 0 Å². The first-order valence-corrected chi connectivity index (χ1v) is 19.2.